The Morgan fingerprint density at radius 3 is 2.20 bits per heavy atom. The molecule has 0 aromatic heterocycles. The summed E-state index contributed by atoms with van der Waals surface area (Å²) in [5, 5.41) is 0. The summed E-state index contributed by atoms with van der Waals surface area (Å²) in [7, 11) is 0. The maximum absolute atomic E-state index is 2.51. The third-order valence-corrected chi connectivity index (χ3v) is 3.27. The minimum Gasteiger partial charge on any atom is -0.0528 e. The topological polar surface area (TPSA) is 0 Å². The Labute approximate surface area is 64.0 Å². The molecule has 0 nitrogen and oxygen atoms in total. The lowest BCUT2D eigenvalue weighted by atomic mass is 9.70. The van der Waals surface area contributed by atoms with E-state index < -0.39 is 0 Å². The summed E-state index contributed by atoms with van der Waals surface area (Å²) in [6, 6.07) is 0. The molecule has 0 amide bonds. The van der Waals surface area contributed by atoms with Crippen LogP contribution >= 0.6 is 0 Å². The lowest BCUT2D eigenvalue weighted by Crippen LogP contribution is -2.23. The average Bonchev–Trinajstić information content (AvgIpc) is 1.86. The van der Waals surface area contributed by atoms with Crippen molar-refractivity contribution >= 4 is 0 Å². The molecule has 0 aromatic rings. The van der Waals surface area contributed by atoms with Gasteiger partial charge in [-0.15, -0.1) is 0 Å². The summed E-state index contributed by atoms with van der Waals surface area (Å²) in [5.41, 5.74) is 0. The van der Waals surface area contributed by atoms with Gasteiger partial charge < -0.3 is 0 Å². The molecule has 0 bridgehead atoms. The van der Waals surface area contributed by atoms with Crippen molar-refractivity contribution in [2.45, 2.75) is 44.9 Å². The van der Waals surface area contributed by atoms with E-state index in [1.54, 1.807) is 12.8 Å². The highest BCUT2D eigenvalue weighted by atomic mass is 14.3. The van der Waals surface area contributed by atoms with Gasteiger partial charge >= 0.3 is 0 Å². The lowest BCUT2D eigenvalue weighted by molar-refractivity contribution is 0.178. The maximum Gasteiger partial charge on any atom is -0.0383 e. The van der Waals surface area contributed by atoms with E-state index in [2.05, 4.69) is 6.42 Å². The van der Waals surface area contributed by atoms with Gasteiger partial charge in [0.15, 0.2) is 0 Å². The first-order valence-electron chi connectivity index (χ1n) is 4.78. The van der Waals surface area contributed by atoms with Gasteiger partial charge in [-0.3, -0.25) is 0 Å². The second kappa shape index (κ2) is 2.94. The zero-order valence-electron chi connectivity index (χ0n) is 6.68. The lowest BCUT2D eigenvalue weighted by Gasteiger charge is -2.35. The molecule has 2 aliphatic rings. The normalized spacial score (nSPS) is 30.0. The maximum atomic E-state index is 2.51. The molecule has 2 saturated carbocycles. The van der Waals surface area contributed by atoms with Crippen molar-refractivity contribution in [1.29, 1.82) is 0 Å². The van der Waals surface area contributed by atoms with E-state index in [1.165, 1.54) is 32.1 Å². The van der Waals surface area contributed by atoms with Gasteiger partial charge in [0.25, 0.3) is 0 Å². The van der Waals surface area contributed by atoms with Gasteiger partial charge in [0.05, 0.1) is 0 Å². The SMILES string of the molecule is [CH]1CCCC(C2CCC2)C1. The molecular weight excluding hydrogens is 120 g/mol. The van der Waals surface area contributed by atoms with Crippen LogP contribution in [0.3, 0.4) is 0 Å². The van der Waals surface area contributed by atoms with Crippen LogP contribution in [0.25, 0.3) is 0 Å². The van der Waals surface area contributed by atoms with Gasteiger partial charge in [0.1, 0.15) is 0 Å². The predicted molar refractivity (Wildman–Crippen MR) is 43.6 cm³/mol. The van der Waals surface area contributed by atoms with E-state index in [-0.39, 0.29) is 0 Å². The highest BCUT2D eigenvalue weighted by Crippen LogP contribution is 2.40. The van der Waals surface area contributed by atoms with Crippen molar-refractivity contribution < 1.29 is 0 Å². The van der Waals surface area contributed by atoms with E-state index in [4.69, 9.17) is 0 Å². The first-order chi connectivity index (χ1) is 4.97. The van der Waals surface area contributed by atoms with Crippen LogP contribution in [0.15, 0.2) is 0 Å². The van der Waals surface area contributed by atoms with Gasteiger partial charge in [-0.05, 0) is 24.7 Å². The van der Waals surface area contributed by atoms with Gasteiger partial charge in [0, 0.05) is 0 Å². The zero-order chi connectivity index (χ0) is 6.81. The Hall–Kier alpha value is 0. The van der Waals surface area contributed by atoms with Gasteiger partial charge in [-0.2, -0.15) is 0 Å². The van der Waals surface area contributed by atoms with Crippen molar-refractivity contribution in [2.75, 3.05) is 0 Å². The highest BCUT2D eigenvalue weighted by Gasteiger charge is 2.27. The number of rotatable bonds is 1. The van der Waals surface area contributed by atoms with Crippen molar-refractivity contribution in [3.8, 4) is 0 Å². The van der Waals surface area contributed by atoms with Crippen molar-refractivity contribution in [2.24, 2.45) is 11.8 Å². The van der Waals surface area contributed by atoms with Crippen molar-refractivity contribution in [3.05, 3.63) is 6.42 Å². The molecule has 57 valence electrons. The van der Waals surface area contributed by atoms with Crippen LogP contribution in [0.2, 0.25) is 0 Å². The molecule has 0 N–H and O–H groups in total. The predicted octanol–water partition coefficient (Wildman–Crippen LogP) is 3.18. The molecular formula is C10H17. The molecule has 0 spiro atoms. The number of hydrogen-bond acceptors (Lipinski definition) is 0. The second-order valence-corrected chi connectivity index (χ2v) is 3.91. The molecule has 1 radical (unpaired) electrons. The van der Waals surface area contributed by atoms with E-state index in [9.17, 15) is 0 Å². The Balaban J connectivity index is 1.78. The summed E-state index contributed by atoms with van der Waals surface area (Å²) in [5.74, 6) is 2.24. The summed E-state index contributed by atoms with van der Waals surface area (Å²) in [6.07, 6.45) is 12.9. The van der Waals surface area contributed by atoms with E-state index >= 15 is 0 Å². The molecule has 0 aliphatic heterocycles. The fourth-order valence-electron chi connectivity index (χ4n) is 2.31. The van der Waals surface area contributed by atoms with Crippen LogP contribution in [0.4, 0.5) is 0 Å². The van der Waals surface area contributed by atoms with Gasteiger partial charge in [-0.25, -0.2) is 0 Å². The Morgan fingerprint density at radius 1 is 0.900 bits per heavy atom. The van der Waals surface area contributed by atoms with Crippen LogP contribution in [0.1, 0.15) is 44.9 Å². The largest absolute Gasteiger partial charge is 0.0528 e. The van der Waals surface area contributed by atoms with Gasteiger partial charge in [0.2, 0.25) is 0 Å². The average molecular weight is 137 g/mol. The zero-order valence-corrected chi connectivity index (χ0v) is 6.68. The number of hydrogen-bond donors (Lipinski definition) is 0. The van der Waals surface area contributed by atoms with Crippen molar-refractivity contribution in [3.63, 3.8) is 0 Å². The second-order valence-electron chi connectivity index (χ2n) is 3.91. The minimum absolute atomic E-state index is 1.10. The quantitative estimate of drug-likeness (QED) is 0.520. The molecule has 10 heavy (non-hydrogen) atoms. The smallest absolute Gasteiger partial charge is 0.0383 e. The van der Waals surface area contributed by atoms with Crippen LogP contribution in [0, 0.1) is 18.3 Å². The minimum atomic E-state index is 1.10. The monoisotopic (exact) mass is 137 g/mol. The molecule has 2 aliphatic carbocycles. The van der Waals surface area contributed by atoms with Crippen LogP contribution < -0.4 is 0 Å². The molecule has 0 saturated heterocycles. The van der Waals surface area contributed by atoms with Gasteiger partial charge in [-0.1, -0.05) is 38.5 Å². The molecule has 0 heteroatoms. The molecule has 0 aromatic carbocycles. The summed E-state index contributed by atoms with van der Waals surface area (Å²) in [4.78, 5) is 0. The molecule has 1 unspecified atom stereocenters. The third-order valence-electron chi connectivity index (χ3n) is 3.27. The van der Waals surface area contributed by atoms with Crippen LogP contribution in [0.5, 0.6) is 0 Å². The first-order valence-corrected chi connectivity index (χ1v) is 4.78. The molecule has 1 atom stereocenters. The van der Waals surface area contributed by atoms with Crippen LogP contribution in [-0.2, 0) is 0 Å². The van der Waals surface area contributed by atoms with E-state index in [0.717, 1.165) is 11.8 Å². The summed E-state index contributed by atoms with van der Waals surface area (Å²) in [6.45, 7) is 0. The Kier molecular flexibility index (Phi) is 1.97. The molecule has 2 rings (SSSR count). The molecule has 0 heterocycles. The Morgan fingerprint density at radius 2 is 1.70 bits per heavy atom. The standard InChI is InChI=1S/C10H17/c1-2-5-9(6-3-1)10-7-4-8-10/h2,9-10H,1,3-8H2. The first kappa shape index (κ1) is 6.69. The fraction of sp³-hybridized carbons (Fsp3) is 0.900. The fourth-order valence-corrected chi connectivity index (χ4v) is 2.31. The van der Waals surface area contributed by atoms with E-state index in [0.29, 0.717) is 0 Å². The van der Waals surface area contributed by atoms with Crippen LogP contribution in [-0.4, -0.2) is 0 Å². The highest BCUT2D eigenvalue weighted by molar-refractivity contribution is 4.85. The summed E-state index contributed by atoms with van der Waals surface area (Å²) < 4.78 is 0. The Bertz CT molecular complexity index is 96.6. The van der Waals surface area contributed by atoms with Crippen molar-refractivity contribution in [1.82, 2.24) is 0 Å². The summed E-state index contributed by atoms with van der Waals surface area (Å²) >= 11 is 0. The van der Waals surface area contributed by atoms with E-state index in [1.807, 2.05) is 0 Å². The third kappa shape index (κ3) is 1.21. The molecule has 2 fully saturated rings.